The summed E-state index contributed by atoms with van der Waals surface area (Å²) in [7, 11) is 0. The van der Waals surface area contributed by atoms with Gasteiger partial charge in [0.05, 0.1) is 13.2 Å². The van der Waals surface area contributed by atoms with Crippen molar-refractivity contribution < 1.29 is 15.0 Å². The van der Waals surface area contributed by atoms with E-state index in [2.05, 4.69) is 0 Å². The van der Waals surface area contributed by atoms with Gasteiger partial charge in [0.2, 0.25) is 5.91 Å². The van der Waals surface area contributed by atoms with Crippen LogP contribution in [0.4, 0.5) is 0 Å². The number of hydrogen-bond acceptors (Lipinski definition) is 3. The number of likely N-dealkylation sites (tertiary alicyclic amines) is 1. The lowest BCUT2D eigenvalue weighted by atomic mass is 9.80. The molecule has 1 fully saturated rings. The van der Waals surface area contributed by atoms with Gasteiger partial charge in [-0.25, -0.2) is 0 Å². The molecular formula is C12H23NO3. The van der Waals surface area contributed by atoms with Gasteiger partial charge in [0.25, 0.3) is 0 Å². The fourth-order valence-electron chi connectivity index (χ4n) is 2.08. The summed E-state index contributed by atoms with van der Waals surface area (Å²) in [6.07, 6.45) is 1.99. The van der Waals surface area contributed by atoms with Crippen molar-refractivity contribution in [1.82, 2.24) is 4.90 Å². The minimum atomic E-state index is -0.366. The molecule has 0 aromatic carbocycles. The molecule has 1 heterocycles. The highest BCUT2D eigenvalue weighted by Crippen LogP contribution is 2.30. The van der Waals surface area contributed by atoms with E-state index in [0.29, 0.717) is 38.3 Å². The molecule has 1 aliphatic heterocycles. The van der Waals surface area contributed by atoms with Crippen LogP contribution in [0.5, 0.6) is 0 Å². The zero-order valence-corrected chi connectivity index (χ0v) is 10.3. The lowest BCUT2D eigenvalue weighted by Gasteiger charge is -2.39. The second-order valence-electron chi connectivity index (χ2n) is 5.29. The number of aliphatic hydroxyl groups is 2. The Bertz CT molecular complexity index is 226. The van der Waals surface area contributed by atoms with E-state index in [1.54, 1.807) is 0 Å². The van der Waals surface area contributed by atoms with Gasteiger partial charge in [0.15, 0.2) is 0 Å². The van der Waals surface area contributed by atoms with E-state index in [1.165, 1.54) is 0 Å². The number of nitrogens with zero attached hydrogens (tertiary/aromatic N) is 1. The van der Waals surface area contributed by atoms with Gasteiger partial charge < -0.3 is 15.1 Å². The first-order valence-corrected chi connectivity index (χ1v) is 6.02. The molecule has 0 aliphatic carbocycles. The molecule has 0 aromatic heterocycles. The molecule has 1 rings (SSSR count). The fraction of sp³-hybridized carbons (Fsp3) is 0.917. The quantitative estimate of drug-likeness (QED) is 0.743. The predicted octanol–water partition coefficient (Wildman–Crippen LogP) is 0.626. The molecule has 4 heteroatoms. The third kappa shape index (κ3) is 3.19. The third-order valence-corrected chi connectivity index (χ3v) is 3.43. The van der Waals surface area contributed by atoms with E-state index in [-0.39, 0.29) is 24.5 Å². The second-order valence-corrected chi connectivity index (χ2v) is 5.29. The molecule has 16 heavy (non-hydrogen) atoms. The first-order chi connectivity index (χ1) is 7.53. The van der Waals surface area contributed by atoms with Crippen LogP contribution in [0.15, 0.2) is 0 Å². The summed E-state index contributed by atoms with van der Waals surface area (Å²) in [4.78, 5) is 13.6. The molecule has 94 valence electrons. The zero-order valence-electron chi connectivity index (χ0n) is 10.3. The summed E-state index contributed by atoms with van der Waals surface area (Å²) in [6.45, 7) is 5.41. The maximum absolute atomic E-state index is 11.8. The van der Waals surface area contributed by atoms with Gasteiger partial charge >= 0.3 is 0 Å². The number of aliphatic hydroxyl groups excluding tert-OH is 2. The van der Waals surface area contributed by atoms with E-state index < -0.39 is 0 Å². The number of hydrogen-bond donors (Lipinski definition) is 2. The van der Waals surface area contributed by atoms with Crippen molar-refractivity contribution >= 4 is 5.91 Å². The van der Waals surface area contributed by atoms with Crippen molar-refractivity contribution in [2.45, 2.75) is 33.1 Å². The van der Waals surface area contributed by atoms with Crippen molar-refractivity contribution in [3.63, 3.8) is 0 Å². The maximum Gasteiger partial charge on any atom is 0.222 e. The number of carbonyl (C=O) groups excluding carboxylic acids is 1. The predicted molar refractivity (Wildman–Crippen MR) is 61.9 cm³/mol. The van der Waals surface area contributed by atoms with Gasteiger partial charge in [0, 0.05) is 24.9 Å². The van der Waals surface area contributed by atoms with E-state index in [4.69, 9.17) is 0 Å². The van der Waals surface area contributed by atoms with E-state index in [1.807, 2.05) is 18.7 Å². The van der Waals surface area contributed by atoms with E-state index in [0.717, 1.165) is 0 Å². The van der Waals surface area contributed by atoms with Crippen molar-refractivity contribution in [1.29, 1.82) is 0 Å². The Morgan fingerprint density at radius 3 is 2.12 bits per heavy atom. The highest BCUT2D eigenvalue weighted by Gasteiger charge is 2.34. The second kappa shape index (κ2) is 5.64. The van der Waals surface area contributed by atoms with Crippen molar-refractivity contribution in [3.8, 4) is 0 Å². The average molecular weight is 229 g/mol. The summed E-state index contributed by atoms with van der Waals surface area (Å²) in [6, 6.07) is 0. The topological polar surface area (TPSA) is 60.8 Å². The molecular weight excluding hydrogens is 206 g/mol. The molecule has 1 amide bonds. The average Bonchev–Trinajstić information content (AvgIpc) is 2.28. The van der Waals surface area contributed by atoms with E-state index >= 15 is 0 Å². The Morgan fingerprint density at radius 2 is 1.75 bits per heavy atom. The van der Waals surface area contributed by atoms with Gasteiger partial charge in [-0.3, -0.25) is 4.79 Å². The van der Waals surface area contributed by atoms with Gasteiger partial charge in [0.1, 0.15) is 0 Å². The largest absolute Gasteiger partial charge is 0.396 e. The summed E-state index contributed by atoms with van der Waals surface area (Å²) < 4.78 is 0. The number of rotatable bonds is 4. The lowest BCUT2D eigenvalue weighted by molar-refractivity contribution is -0.135. The molecule has 4 nitrogen and oxygen atoms in total. The van der Waals surface area contributed by atoms with Crippen LogP contribution in [0.1, 0.15) is 33.1 Å². The number of carbonyl (C=O) groups is 1. The number of amides is 1. The van der Waals surface area contributed by atoms with Crippen LogP contribution in [-0.2, 0) is 4.79 Å². The molecule has 0 radical (unpaired) electrons. The van der Waals surface area contributed by atoms with Gasteiger partial charge in [-0.15, -0.1) is 0 Å². The summed E-state index contributed by atoms with van der Waals surface area (Å²) in [5.74, 6) is 0.578. The molecule has 0 aromatic rings. The lowest BCUT2D eigenvalue weighted by Crippen LogP contribution is -2.46. The summed E-state index contributed by atoms with van der Waals surface area (Å²) >= 11 is 0. The molecule has 2 N–H and O–H groups in total. The molecule has 1 saturated heterocycles. The summed E-state index contributed by atoms with van der Waals surface area (Å²) in [5, 5.41) is 18.5. The standard InChI is InChI=1S/C12H23NO3/c1-10(2)7-11(16)13-5-3-12(8-14,9-15)4-6-13/h10,14-15H,3-9H2,1-2H3. The minimum Gasteiger partial charge on any atom is -0.396 e. The Hall–Kier alpha value is -0.610. The normalized spacial score (nSPS) is 20.2. The monoisotopic (exact) mass is 229 g/mol. The first-order valence-electron chi connectivity index (χ1n) is 6.02. The zero-order chi connectivity index (χ0) is 12.2. The highest BCUT2D eigenvalue weighted by atomic mass is 16.3. The third-order valence-electron chi connectivity index (χ3n) is 3.43. The molecule has 0 bridgehead atoms. The van der Waals surface area contributed by atoms with Crippen molar-refractivity contribution in [3.05, 3.63) is 0 Å². The van der Waals surface area contributed by atoms with Crippen LogP contribution in [-0.4, -0.2) is 47.3 Å². The van der Waals surface area contributed by atoms with Crippen molar-refractivity contribution in [2.24, 2.45) is 11.3 Å². The van der Waals surface area contributed by atoms with Crippen LogP contribution in [0, 0.1) is 11.3 Å². The Morgan fingerprint density at radius 1 is 1.25 bits per heavy atom. The minimum absolute atomic E-state index is 0.00963. The van der Waals surface area contributed by atoms with Gasteiger partial charge in [-0.2, -0.15) is 0 Å². The van der Waals surface area contributed by atoms with Crippen LogP contribution in [0.2, 0.25) is 0 Å². The van der Waals surface area contributed by atoms with Gasteiger partial charge in [-0.1, -0.05) is 13.8 Å². The molecule has 0 atom stereocenters. The fourth-order valence-corrected chi connectivity index (χ4v) is 2.08. The molecule has 0 saturated carbocycles. The van der Waals surface area contributed by atoms with Crippen molar-refractivity contribution in [2.75, 3.05) is 26.3 Å². The van der Waals surface area contributed by atoms with E-state index in [9.17, 15) is 15.0 Å². The SMILES string of the molecule is CC(C)CC(=O)N1CCC(CO)(CO)CC1. The van der Waals surface area contributed by atoms with Crippen LogP contribution < -0.4 is 0 Å². The van der Waals surface area contributed by atoms with Crippen LogP contribution >= 0.6 is 0 Å². The summed E-state index contributed by atoms with van der Waals surface area (Å²) in [5.41, 5.74) is -0.366. The maximum atomic E-state index is 11.8. The molecule has 0 spiro atoms. The Kier molecular flexibility index (Phi) is 4.74. The smallest absolute Gasteiger partial charge is 0.222 e. The molecule has 0 unspecified atom stereocenters. The Balaban J connectivity index is 2.45. The number of piperidine rings is 1. The van der Waals surface area contributed by atoms with Gasteiger partial charge in [-0.05, 0) is 18.8 Å². The highest BCUT2D eigenvalue weighted by molar-refractivity contribution is 5.76. The van der Waals surface area contributed by atoms with Crippen LogP contribution in [0.25, 0.3) is 0 Å². The molecule has 1 aliphatic rings. The van der Waals surface area contributed by atoms with Crippen LogP contribution in [0.3, 0.4) is 0 Å². The first kappa shape index (κ1) is 13.5. The Labute approximate surface area is 97.3 Å².